The lowest BCUT2D eigenvalue weighted by Crippen LogP contribution is -2.31. The average molecular weight is 330 g/mol. The van der Waals surface area contributed by atoms with Crippen molar-refractivity contribution >= 4 is 5.91 Å². The molecule has 0 bridgehead atoms. The maximum Gasteiger partial charge on any atom is 0.249 e. The first-order valence-electron chi connectivity index (χ1n) is 8.32. The van der Waals surface area contributed by atoms with E-state index < -0.39 is 0 Å². The summed E-state index contributed by atoms with van der Waals surface area (Å²) in [5, 5.41) is 13.4. The monoisotopic (exact) mass is 330 g/mol. The molecule has 1 aliphatic carbocycles. The fourth-order valence-corrected chi connectivity index (χ4v) is 2.77. The van der Waals surface area contributed by atoms with Crippen molar-refractivity contribution in [2.24, 2.45) is 5.92 Å². The minimum absolute atomic E-state index is 0.0419. The quantitative estimate of drug-likeness (QED) is 0.842. The number of nitrogens with zero attached hydrogens (tertiary/aromatic N) is 4. The fraction of sp³-hybridized carbons (Fsp3) is 0.562. The van der Waals surface area contributed by atoms with Crippen LogP contribution in [0.5, 0.6) is 0 Å². The van der Waals surface area contributed by atoms with Gasteiger partial charge < -0.3 is 9.84 Å². The van der Waals surface area contributed by atoms with Gasteiger partial charge in [-0.1, -0.05) is 25.1 Å². The lowest BCUT2D eigenvalue weighted by atomic mass is 9.98. The highest BCUT2D eigenvalue weighted by molar-refractivity contribution is 5.93. The number of amides is 1. The number of carbonyl (C=O) groups is 1. The van der Waals surface area contributed by atoms with E-state index in [2.05, 4.69) is 44.5 Å². The predicted octanol–water partition coefficient (Wildman–Crippen LogP) is 2.56. The van der Waals surface area contributed by atoms with E-state index in [9.17, 15) is 4.79 Å². The number of aromatic nitrogens is 5. The summed E-state index contributed by atoms with van der Waals surface area (Å²) in [6, 6.07) is -0.315. The molecule has 0 unspecified atom stereocenters. The van der Waals surface area contributed by atoms with Crippen molar-refractivity contribution in [3.05, 3.63) is 23.9 Å². The summed E-state index contributed by atoms with van der Waals surface area (Å²) < 4.78 is 5.36. The Morgan fingerprint density at radius 2 is 2.29 bits per heavy atom. The van der Waals surface area contributed by atoms with Crippen LogP contribution < -0.4 is 5.32 Å². The zero-order chi connectivity index (χ0) is 16.9. The van der Waals surface area contributed by atoms with Gasteiger partial charge in [0.2, 0.25) is 17.6 Å². The van der Waals surface area contributed by atoms with E-state index in [1.54, 1.807) is 0 Å². The molecule has 0 aromatic carbocycles. The van der Waals surface area contributed by atoms with Crippen molar-refractivity contribution in [2.75, 3.05) is 0 Å². The van der Waals surface area contributed by atoms with Gasteiger partial charge in [0.1, 0.15) is 12.4 Å². The Bertz CT molecular complexity index is 704. The third kappa shape index (κ3) is 3.87. The minimum atomic E-state index is -0.315. The van der Waals surface area contributed by atoms with Gasteiger partial charge in [0, 0.05) is 5.57 Å². The molecule has 2 heterocycles. The number of H-pyrrole nitrogens is 1. The summed E-state index contributed by atoms with van der Waals surface area (Å²) in [5.41, 5.74) is 0.852. The molecule has 0 aliphatic heterocycles. The molecule has 2 aromatic rings. The van der Waals surface area contributed by atoms with Crippen molar-refractivity contribution in [3.8, 4) is 11.6 Å². The molecule has 2 aromatic heterocycles. The number of nitrogens with one attached hydrogen (secondary N) is 2. The van der Waals surface area contributed by atoms with Crippen LogP contribution in [0.4, 0.5) is 0 Å². The van der Waals surface area contributed by atoms with Gasteiger partial charge >= 0.3 is 0 Å². The van der Waals surface area contributed by atoms with E-state index >= 15 is 0 Å². The third-order valence-corrected chi connectivity index (χ3v) is 3.96. The SMILES string of the molecule is CC(C)C[C@H](NC(=O)C1=CCCCC1)c1nc(-c2ncn[nH]2)no1. The number of hydrogen-bond acceptors (Lipinski definition) is 6. The van der Waals surface area contributed by atoms with Crippen LogP contribution in [0.15, 0.2) is 22.5 Å². The summed E-state index contributed by atoms with van der Waals surface area (Å²) in [5.74, 6) is 1.49. The van der Waals surface area contributed by atoms with Crippen molar-refractivity contribution in [3.63, 3.8) is 0 Å². The van der Waals surface area contributed by atoms with Gasteiger partial charge in [-0.3, -0.25) is 9.89 Å². The molecular formula is C16H22N6O2. The van der Waals surface area contributed by atoms with Crippen LogP contribution in [-0.2, 0) is 4.79 Å². The summed E-state index contributed by atoms with van der Waals surface area (Å²) in [6.07, 6.45) is 8.13. The molecule has 2 N–H and O–H groups in total. The second kappa shape index (κ2) is 7.37. The standard InChI is InChI=1S/C16H22N6O2/c1-10(2)8-12(19-15(23)11-6-4-3-5-7-11)16-20-14(22-24-16)13-17-9-18-21-13/h6,9-10,12H,3-5,7-8H2,1-2H3,(H,19,23)(H,17,18,21)/t12-/m0/s1. The van der Waals surface area contributed by atoms with E-state index in [4.69, 9.17) is 4.52 Å². The van der Waals surface area contributed by atoms with Crippen molar-refractivity contribution in [2.45, 2.75) is 52.0 Å². The normalized spacial score (nSPS) is 16.0. The van der Waals surface area contributed by atoms with Crippen LogP contribution in [0.2, 0.25) is 0 Å². The number of rotatable bonds is 6. The molecule has 8 nitrogen and oxygen atoms in total. The summed E-state index contributed by atoms with van der Waals surface area (Å²) in [7, 11) is 0. The predicted molar refractivity (Wildman–Crippen MR) is 86.6 cm³/mol. The number of aromatic amines is 1. The Labute approximate surface area is 140 Å². The number of allylic oxidation sites excluding steroid dienone is 1. The lowest BCUT2D eigenvalue weighted by Gasteiger charge is -2.19. The van der Waals surface area contributed by atoms with Gasteiger partial charge in [-0.15, -0.1) is 0 Å². The molecule has 1 atom stereocenters. The number of hydrogen-bond donors (Lipinski definition) is 2. The largest absolute Gasteiger partial charge is 0.341 e. The molecule has 0 saturated heterocycles. The van der Waals surface area contributed by atoms with Gasteiger partial charge in [-0.05, 0) is 38.0 Å². The van der Waals surface area contributed by atoms with Gasteiger partial charge in [-0.2, -0.15) is 10.1 Å². The zero-order valence-corrected chi connectivity index (χ0v) is 14.0. The Morgan fingerprint density at radius 1 is 1.42 bits per heavy atom. The third-order valence-electron chi connectivity index (χ3n) is 3.96. The second-order valence-electron chi connectivity index (χ2n) is 6.42. The summed E-state index contributed by atoms with van der Waals surface area (Å²) in [6.45, 7) is 4.18. The van der Waals surface area contributed by atoms with Crippen molar-refractivity contribution in [1.82, 2.24) is 30.6 Å². The van der Waals surface area contributed by atoms with Crippen LogP contribution in [0.25, 0.3) is 11.6 Å². The topological polar surface area (TPSA) is 110 Å². The molecule has 8 heteroatoms. The smallest absolute Gasteiger partial charge is 0.249 e. The summed E-state index contributed by atoms with van der Waals surface area (Å²) >= 11 is 0. The van der Waals surface area contributed by atoms with E-state index in [1.165, 1.54) is 6.33 Å². The van der Waals surface area contributed by atoms with E-state index in [0.717, 1.165) is 37.7 Å². The van der Waals surface area contributed by atoms with Gasteiger partial charge in [0.05, 0.1) is 0 Å². The van der Waals surface area contributed by atoms with Crippen LogP contribution in [0.1, 0.15) is 57.9 Å². The molecule has 0 saturated carbocycles. The molecular weight excluding hydrogens is 308 g/mol. The van der Waals surface area contributed by atoms with Crippen LogP contribution in [0, 0.1) is 5.92 Å². The molecule has 0 spiro atoms. The first-order valence-corrected chi connectivity index (χ1v) is 8.32. The zero-order valence-electron chi connectivity index (χ0n) is 14.0. The van der Waals surface area contributed by atoms with Gasteiger partial charge in [-0.25, -0.2) is 4.98 Å². The Balaban J connectivity index is 1.76. The van der Waals surface area contributed by atoms with Crippen LogP contribution in [0.3, 0.4) is 0 Å². The van der Waals surface area contributed by atoms with Crippen LogP contribution in [-0.4, -0.2) is 31.2 Å². The maximum absolute atomic E-state index is 12.5. The Kier molecular flexibility index (Phi) is 5.02. The molecule has 0 fully saturated rings. The second-order valence-corrected chi connectivity index (χ2v) is 6.42. The van der Waals surface area contributed by atoms with E-state index in [1.807, 2.05) is 6.08 Å². The lowest BCUT2D eigenvalue weighted by molar-refractivity contribution is -0.118. The van der Waals surface area contributed by atoms with Crippen molar-refractivity contribution < 1.29 is 9.32 Å². The molecule has 3 rings (SSSR count). The van der Waals surface area contributed by atoms with Crippen molar-refractivity contribution in [1.29, 1.82) is 0 Å². The first-order chi connectivity index (χ1) is 11.6. The average Bonchev–Trinajstić information content (AvgIpc) is 3.26. The Morgan fingerprint density at radius 3 is 2.96 bits per heavy atom. The Hall–Kier alpha value is -2.51. The highest BCUT2D eigenvalue weighted by Gasteiger charge is 2.25. The fourth-order valence-electron chi connectivity index (χ4n) is 2.77. The first kappa shape index (κ1) is 16.4. The number of carbonyl (C=O) groups excluding carboxylic acids is 1. The summed E-state index contributed by atoms with van der Waals surface area (Å²) in [4.78, 5) is 20.9. The van der Waals surface area contributed by atoms with Gasteiger partial charge in [0.15, 0.2) is 5.82 Å². The minimum Gasteiger partial charge on any atom is -0.341 e. The van der Waals surface area contributed by atoms with Gasteiger partial charge in [0.25, 0.3) is 0 Å². The molecule has 1 amide bonds. The molecule has 128 valence electrons. The highest BCUT2D eigenvalue weighted by Crippen LogP contribution is 2.24. The van der Waals surface area contributed by atoms with Crippen LogP contribution >= 0.6 is 0 Å². The maximum atomic E-state index is 12.5. The van der Waals surface area contributed by atoms with E-state index in [-0.39, 0.29) is 11.9 Å². The molecule has 0 radical (unpaired) electrons. The molecule has 1 aliphatic rings. The molecule has 24 heavy (non-hydrogen) atoms. The van der Waals surface area contributed by atoms with E-state index in [0.29, 0.717) is 23.5 Å². The highest BCUT2D eigenvalue weighted by atomic mass is 16.5.